The van der Waals surface area contributed by atoms with Gasteiger partial charge in [-0.05, 0) is 19.7 Å². The second kappa shape index (κ2) is 2.03. The van der Waals surface area contributed by atoms with Gasteiger partial charge >= 0.3 is 0 Å². The minimum absolute atomic E-state index is 0.875. The molecule has 0 radical (unpaired) electrons. The van der Waals surface area contributed by atoms with Gasteiger partial charge in [-0.15, -0.1) is 12.6 Å². The van der Waals surface area contributed by atoms with E-state index in [1.165, 1.54) is 4.09 Å². The molecule has 8 heavy (non-hydrogen) atoms. The molecule has 0 saturated heterocycles. The highest BCUT2D eigenvalue weighted by atomic mass is 32.1. The Morgan fingerprint density at radius 3 is 2.50 bits per heavy atom. The van der Waals surface area contributed by atoms with E-state index in [1.807, 2.05) is 6.92 Å². The Morgan fingerprint density at radius 2 is 2.38 bits per heavy atom. The Balaban J connectivity index is 3.19. The van der Waals surface area contributed by atoms with Crippen molar-refractivity contribution in [2.45, 2.75) is 11.8 Å². The normalized spacial score (nSPS) is 9.88. The van der Waals surface area contributed by atoms with E-state index >= 15 is 0 Å². The average Bonchev–Trinajstić information content (AvgIpc) is 1.98. The summed E-state index contributed by atoms with van der Waals surface area (Å²) in [5.41, 5.74) is 0.969. The number of nitrogens with zero attached hydrogens (tertiary/aromatic N) is 2. The molecule has 0 bridgehead atoms. The van der Waals surface area contributed by atoms with Gasteiger partial charge in [-0.25, -0.2) is 4.09 Å². The third-order valence-electron chi connectivity index (χ3n) is 0.960. The second-order valence-corrected chi connectivity index (χ2v) is 2.37. The van der Waals surface area contributed by atoms with Crippen LogP contribution < -0.4 is 0 Å². The van der Waals surface area contributed by atoms with Crippen LogP contribution in [-0.4, -0.2) is 9.19 Å². The van der Waals surface area contributed by atoms with Crippen molar-refractivity contribution in [2.75, 3.05) is 0 Å². The van der Waals surface area contributed by atoms with E-state index in [-0.39, 0.29) is 0 Å². The zero-order chi connectivity index (χ0) is 6.15. The van der Waals surface area contributed by atoms with Crippen LogP contribution in [0.3, 0.4) is 0 Å². The van der Waals surface area contributed by atoms with E-state index < -0.39 is 0 Å². The summed E-state index contributed by atoms with van der Waals surface area (Å²) in [5.74, 6) is 0. The van der Waals surface area contributed by atoms with Crippen molar-refractivity contribution >= 4 is 25.4 Å². The fourth-order valence-corrected chi connectivity index (χ4v) is 0.776. The monoisotopic (exact) mass is 146 g/mol. The van der Waals surface area contributed by atoms with Gasteiger partial charge in [0, 0.05) is 4.90 Å². The fourth-order valence-electron chi connectivity index (χ4n) is 0.392. The van der Waals surface area contributed by atoms with Gasteiger partial charge < -0.3 is 0 Å². The molecule has 4 heteroatoms. The van der Waals surface area contributed by atoms with E-state index in [4.69, 9.17) is 0 Å². The quantitative estimate of drug-likeness (QED) is 0.526. The van der Waals surface area contributed by atoms with Gasteiger partial charge in [0.2, 0.25) is 0 Å². The molecule has 0 N–H and O–H groups in total. The Bertz CT molecular complexity index is 174. The van der Waals surface area contributed by atoms with Crippen LogP contribution in [0.4, 0.5) is 0 Å². The first-order chi connectivity index (χ1) is 3.72. The predicted octanol–water partition coefficient (Wildman–Crippen LogP) is 1.17. The number of hydrogen-bond acceptors (Lipinski definition) is 3. The molecule has 0 amide bonds. The summed E-state index contributed by atoms with van der Waals surface area (Å²) >= 11 is 8.06. The highest BCUT2D eigenvalue weighted by molar-refractivity contribution is 7.80. The molecule has 0 aromatic carbocycles. The van der Waals surface area contributed by atoms with Crippen molar-refractivity contribution < 1.29 is 0 Å². The largest absolute Gasteiger partial charge is 0.213 e. The summed E-state index contributed by atoms with van der Waals surface area (Å²) in [7, 11) is 0. The maximum absolute atomic E-state index is 4.09. The van der Waals surface area contributed by atoms with Gasteiger partial charge in [0.15, 0.2) is 0 Å². The second-order valence-electron chi connectivity index (χ2n) is 1.50. The van der Waals surface area contributed by atoms with Gasteiger partial charge in [0.25, 0.3) is 0 Å². The molecule has 0 unspecified atom stereocenters. The van der Waals surface area contributed by atoms with Crippen molar-refractivity contribution in [3.8, 4) is 0 Å². The van der Waals surface area contributed by atoms with Crippen LogP contribution in [0.2, 0.25) is 0 Å². The molecule has 1 rings (SSSR count). The number of aromatic nitrogens is 2. The highest BCUT2D eigenvalue weighted by Gasteiger charge is 1.95. The molecule has 0 atom stereocenters. The molecule has 0 saturated carbocycles. The minimum atomic E-state index is 0.875. The molecule has 0 aliphatic heterocycles. The summed E-state index contributed by atoms with van der Waals surface area (Å²) in [6, 6.07) is 0. The molecule has 1 heterocycles. The van der Waals surface area contributed by atoms with Crippen LogP contribution in [-0.2, 0) is 0 Å². The minimum Gasteiger partial charge on any atom is -0.213 e. The molecule has 0 aliphatic rings. The molecule has 1 aromatic heterocycles. The van der Waals surface area contributed by atoms with Gasteiger partial charge in [-0.2, -0.15) is 5.10 Å². The molecule has 1 aromatic rings. The molecule has 0 aliphatic carbocycles. The number of hydrogen-bond donors (Lipinski definition) is 2. The Hall–Kier alpha value is -0.0900. The first-order valence-electron chi connectivity index (χ1n) is 2.14. The first kappa shape index (κ1) is 6.04. The number of rotatable bonds is 0. The van der Waals surface area contributed by atoms with E-state index in [0.29, 0.717) is 0 Å². The molecular weight excluding hydrogens is 140 g/mol. The fraction of sp³-hybridized carbons (Fsp3) is 0.250. The lowest BCUT2D eigenvalue weighted by molar-refractivity contribution is 0.974. The van der Waals surface area contributed by atoms with Gasteiger partial charge in [0.05, 0.1) is 11.9 Å². The first-order valence-corrected chi connectivity index (χ1v) is 2.99. The van der Waals surface area contributed by atoms with E-state index in [9.17, 15) is 0 Å². The smallest absolute Gasteiger partial charge is 0.0636 e. The Morgan fingerprint density at radius 1 is 1.75 bits per heavy atom. The van der Waals surface area contributed by atoms with E-state index in [0.717, 1.165) is 10.6 Å². The Kier molecular flexibility index (Phi) is 1.53. The molecule has 44 valence electrons. The zero-order valence-corrected chi connectivity index (χ0v) is 6.16. The molecule has 2 nitrogen and oxygen atoms in total. The van der Waals surface area contributed by atoms with Gasteiger partial charge in [-0.1, -0.05) is 0 Å². The van der Waals surface area contributed by atoms with Crippen molar-refractivity contribution in [1.82, 2.24) is 9.19 Å². The van der Waals surface area contributed by atoms with Crippen molar-refractivity contribution in [3.05, 3.63) is 11.9 Å². The lowest BCUT2D eigenvalue weighted by Crippen LogP contribution is -1.83. The lowest BCUT2D eigenvalue weighted by Gasteiger charge is -1.88. The van der Waals surface area contributed by atoms with E-state index in [2.05, 4.69) is 30.5 Å². The van der Waals surface area contributed by atoms with Gasteiger partial charge in [-0.3, -0.25) is 0 Å². The summed E-state index contributed by atoms with van der Waals surface area (Å²) < 4.78 is 1.49. The SMILES string of the molecule is Cc1c(S)cnn1S. The van der Waals surface area contributed by atoms with E-state index in [1.54, 1.807) is 6.20 Å². The third kappa shape index (κ3) is 0.855. The average molecular weight is 146 g/mol. The summed E-state index contributed by atoms with van der Waals surface area (Å²) in [6.07, 6.45) is 1.66. The predicted molar refractivity (Wildman–Crippen MR) is 38.6 cm³/mol. The van der Waals surface area contributed by atoms with Crippen LogP contribution in [0, 0.1) is 6.92 Å². The van der Waals surface area contributed by atoms with Crippen LogP contribution in [0.1, 0.15) is 5.69 Å². The van der Waals surface area contributed by atoms with Crippen LogP contribution >= 0.6 is 25.4 Å². The lowest BCUT2D eigenvalue weighted by atomic mass is 10.5. The highest BCUT2D eigenvalue weighted by Crippen LogP contribution is 2.10. The molecule has 0 spiro atoms. The third-order valence-corrected chi connectivity index (χ3v) is 1.80. The van der Waals surface area contributed by atoms with Gasteiger partial charge in [0.1, 0.15) is 0 Å². The topological polar surface area (TPSA) is 17.8 Å². The van der Waals surface area contributed by atoms with Crippen LogP contribution in [0.15, 0.2) is 11.1 Å². The maximum Gasteiger partial charge on any atom is 0.0636 e. The van der Waals surface area contributed by atoms with Crippen molar-refractivity contribution in [3.63, 3.8) is 0 Å². The number of thiol groups is 2. The zero-order valence-electron chi connectivity index (χ0n) is 4.37. The summed E-state index contributed by atoms with van der Waals surface area (Å²) in [4.78, 5) is 0.875. The van der Waals surface area contributed by atoms with Crippen LogP contribution in [0.25, 0.3) is 0 Å². The summed E-state index contributed by atoms with van der Waals surface area (Å²) in [5, 5.41) is 3.82. The van der Waals surface area contributed by atoms with Crippen molar-refractivity contribution in [2.24, 2.45) is 0 Å². The van der Waals surface area contributed by atoms with Crippen LogP contribution in [0.5, 0.6) is 0 Å². The Labute approximate surface area is 58.8 Å². The summed E-state index contributed by atoms with van der Waals surface area (Å²) in [6.45, 7) is 1.91. The molecular formula is C4H6N2S2. The molecule has 0 fully saturated rings. The van der Waals surface area contributed by atoms with Crippen molar-refractivity contribution in [1.29, 1.82) is 0 Å². The standard InChI is InChI=1S/C4H6N2S2/c1-3-4(7)2-5-6(3)8/h2,7-8H,1H3. The maximum atomic E-state index is 4.09.